The monoisotopic (exact) mass is 296 g/mol. The fourth-order valence-electron chi connectivity index (χ4n) is 2.85. The molecule has 0 spiro atoms. The average Bonchev–Trinajstić information content (AvgIpc) is 2.56. The molecule has 116 valence electrons. The van der Waals surface area contributed by atoms with Crippen LogP contribution in [0.15, 0.2) is 48.5 Å². The lowest BCUT2D eigenvalue weighted by Crippen LogP contribution is -2.44. The van der Waals surface area contributed by atoms with Gasteiger partial charge in [0.1, 0.15) is 11.5 Å². The highest BCUT2D eigenvalue weighted by atomic mass is 16.5. The van der Waals surface area contributed by atoms with Crippen molar-refractivity contribution >= 4 is 0 Å². The summed E-state index contributed by atoms with van der Waals surface area (Å²) in [4.78, 5) is 2.53. The zero-order valence-corrected chi connectivity index (χ0v) is 13.2. The third kappa shape index (κ3) is 4.09. The SMILES string of the molecule is Cc1cc(Oc2ccccc2)ccc1CCN1CCNCC1. The van der Waals surface area contributed by atoms with Gasteiger partial charge in [0.2, 0.25) is 0 Å². The molecule has 3 nitrogen and oxygen atoms in total. The summed E-state index contributed by atoms with van der Waals surface area (Å²) in [5.41, 5.74) is 2.72. The molecule has 1 aliphatic rings. The highest BCUT2D eigenvalue weighted by molar-refractivity contribution is 5.38. The van der Waals surface area contributed by atoms with E-state index in [0.717, 1.165) is 50.6 Å². The molecule has 0 aromatic heterocycles. The Kier molecular flexibility index (Phi) is 5.09. The number of aryl methyl sites for hydroxylation is 1. The molecule has 0 bridgehead atoms. The first-order valence-corrected chi connectivity index (χ1v) is 8.07. The third-order valence-corrected chi connectivity index (χ3v) is 4.20. The van der Waals surface area contributed by atoms with Crippen LogP contribution in [0.2, 0.25) is 0 Å². The second-order valence-corrected chi connectivity index (χ2v) is 5.85. The Bertz CT molecular complexity index is 592. The Morgan fingerprint density at radius 3 is 2.50 bits per heavy atom. The summed E-state index contributed by atoms with van der Waals surface area (Å²) in [5.74, 6) is 1.80. The zero-order chi connectivity index (χ0) is 15.2. The van der Waals surface area contributed by atoms with Gasteiger partial charge in [-0.05, 0) is 48.7 Å². The van der Waals surface area contributed by atoms with Gasteiger partial charge >= 0.3 is 0 Å². The zero-order valence-electron chi connectivity index (χ0n) is 13.2. The lowest BCUT2D eigenvalue weighted by molar-refractivity contribution is 0.244. The minimum absolute atomic E-state index is 0.885. The number of nitrogens with one attached hydrogen (secondary N) is 1. The van der Waals surface area contributed by atoms with Crippen molar-refractivity contribution in [2.45, 2.75) is 13.3 Å². The number of piperazine rings is 1. The van der Waals surface area contributed by atoms with Crippen LogP contribution >= 0.6 is 0 Å². The minimum Gasteiger partial charge on any atom is -0.457 e. The van der Waals surface area contributed by atoms with E-state index in [1.54, 1.807) is 0 Å². The van der Waals surface area contributed by atoms with E-state index in [0.29, 0.717) is 0 Å². The molecule has 22 heavy (non-hydrogen) atoms. The van der Waals surface area contributed by atoms with E-state index in [1.807, 2.05) is 30.3 Å². The van der Waals surface area contributed by atoms with Gasteiger partial charge in [0, 0.05) is 32.7 Å². The van der Waals surface area contributed by atoms with E-state index in [-0.39, 0.29) is 0 Å². The van der Waals surface area contributed by atoms with Crippen molar-refractivity contribution in [1.82, 2.24) is 10.2 Å². The van der Waals surface area contributed by atoms with Crippen molar-refractivity contribution in [1.29, 1.82) is 0 Å². The molecule has 0 saturated carbocycles. The van der Waals surface area contributed by atoms with Crippen molar-refractivity contribution in [2.75, 3.05) is 32.7 Å². The highest BCUT2D eigenvalue weighted by Gasteiger charge is 2.10. The van der Waals surface area contributed by atoms with E-state index in [2.05, 4.69) is 35.3 Å². The van der Waals surface area contributed by atoms with Crippen LogP contribution in [0.5, 0.6) is 11.5 Å². The summed E-state index contributed by atoms with van der Waals surface area (Å²) < 4.78 is 5.89. The topological polar surface area (TPSA) is 24.5 Å². The van der Waals surface area contributed by atoms with Crippen LogP contribution in [0.4, 0.5) is 0 Å². The van der Waals surface area contributed by atoms with Crippen LogP contribution in [0.1, 0.15) is 11.1 Å². The van der Waals surface area contributed by atoms with E-state index < -0.39 is 0 Å². The quantitative estimate of drug-likeness (QED) is 0.917. The molecule has 1 N–H and O–H groups in total. The molecule has 0 amide bonds. The molecule has 2 aromatic carbocycles. The van der Waals surface area contributed by atoms with Crippen molar-refractivity contribution in [3.63, 3.8) is 0 Å². The summed E-state index contributed by atoms with van der Waals surface area (Å²) in [7, 11) is 0. The van der Waals surface area contributed by atoms with Gasteiger partial charge in [-0.3, -0.25) is 0 Å². The van der Waals surface area contributed by atoms with Crippen LogP contribution in [-0.2, 0) is 6.42 Å². The predicted molar refractivity (Wildman–Crippen MR) is 90.7 cm³/mol. The van der Waals surface area contributed by atoms with Crippen molar-refractivity contribution in [3.05, 3.63) is 59.7 Å². The molecule has 0 unspecified atom stereocenters. The van der Waals surface area contributed by atoms with Crippen molar-refractivity contribution in [3.8, 4) is 11.5 Å². The Labute approximate surface area is 132 Å². The number of para-hydroxylation sites is 1. The number of hydrogen-bond acceptors (Lipinski definition) is 3. The molecule has 0 radical (unpaired) electrons. The van der Waals surface area contributed by atoms with Gasteiger partial charge in [-0.15, -0.1) is 0 Å². The van der Waals surface area contributed by atoms with Gasteiger partial charge in [-0.2, -0.15) is 0 Å². The highest BCUT2D eigenvalue weighted by Crippen LogP contribution is 2.23. The van der Waals surface area contributed by atoms with Gasteiger partial charge < -0.3 is 15.0 Å². The first kappa shape index (κ1) is 15.1. The van der Waals surface area contributed by atoms with Crippen LogP contribution in [-0.4, -0.2) is 37.6 Å². The molecular weight excluding hydrogens is 272 g/mol. The van der Waals surface area contributed by atoms with E-state index >= 15 is 0 Å². The molecular formula is C19H24N2O. The predicted octanol–water partition coefficient (Wildman–Crippen LogP) is 3.24. The van der Waals surface area contributed by atoms with Gasteiger partial charge in [0.15, 0.2) is 0 Å². The Hall–Kier alpha value is -1.84. The summed E-state index contributed by atoms with van der Waals surface area (Å²) in [5, 5.41) is 3.40. The number of ether oxygens (including phenoxy) is 1. The first-order chi connectivity index (χ1) is 10.8. The van der Waals surface area contributed by atoms with Gasteiger partial charge in [-0.1, -0.05) is 24.3 Å². The Morgan fingerprint density at radius 1 is 1.00 bits per heavy atom. The molecule has 2 aromatic rings. The summed E-state index contributed by atoms with van der Waals surface area (Å²) in [6.07, 6.45) is 1.11. The lowest BCUT2D eigenvalue weighted by atomic mass is 10.0. The van der Waals surface area contributed by atoms with Crippen LogP contribution in [0.3, 0.4) is 0 Å². The second kappa shape index (κ2) is 7.43. The van der Waals surface area contributed by atoms with Gasteiger partial charge in [0.25, 0.3) is 0 Å². The molecule has 3 rings (SSSR count). The maximum Gasteiger partial charge on any atom is 0.127 e. The summed E-state index contributed by atoms with van der Waals surface area (Å²) >= 11 is 0. The van der Waals surface area contributed by atoms with Crippen LogP contribution < -0.4 is 10.1 Å². The molecule has 1 fully saturated rings. The largest absolute Gasteiger partial charge is 0.457 e. The van der Waals surface area contributed by atoms with E-state index in [4.69, 9.17) is 4.74 Å². The maximum absolute atomic E-state index is 5.89. The van der Waals surface area contributed by atoms with Gasteiger partial charge in [-0.25, -0.2) is 0 Å². The number of hydrogen-bond donors (Lipinski definition) is 1. The molecule has 3 heteroatoms. The summed E-state index contributed by atoms with van der Waals surface area (Å²) in [6.45, 7) is 7.86. The van der Waals surface area contributed by atoms with Crippen molar-refractivity contribution in [2.24, 2.45) is 0 Å². The average molecular weight is 296 g/mol. The van der Waals surface area contributed by atoms with E-state index in [9.17, 15) is 0 Å². The number of benzene rings is 2. The smallest absolute Gasteiger partial charge is 0.127 e. The Balaban J connectivity index is 1.59. The third-order valence-electron chi connectivity index (χ3n) is 4.20. The fourth-order valence-corrected chi connectivity index (χ4v) is 2.85. The van der Waals surface area contributed by atoms with Crippen LogP contribution in [0, 0.1) is 6.92 Å². The molecule has 1 heterocycles. The Morgan fingerprint density at radius 2 is 1.77 bits per heavy atom. The minimum atomic E-state index is 0.885. The standard InChI is InChI=1S/C19H24N2O/c1-16-15-19(22-18-5-3-2-4-6-18)8-7-17(16)9-12-21-13-10-20-11-14-21/h2-8,15,20H,9-14H2,1H3. The van der Waals surface area contributed by atoms with Gasteiger partial charge in [0.05, 0.1) is 0 Å². The van der Waals surface area contributed by atoms with Crippen LogP contribution in [0.25, 0.3) is 0 Å². The molecule has 0 aliphatic carbocycles. The van der Waals surface area contributed by atoms with E-state index in [1.165, 1.54) is 11.1 Å². The molecule has 0 atom stereocenters. The second-order valence-electron chi connectivity index (χ2n) is 5.85. The normalized spacial score (nSPS) is 15.7. The first-order valence-electron chi connectivity index (χ1n) is 8.07. The maximum atomic E-state index is 5.89. The molecule has 1 aliphatic heterocycles. The molecule has 1 saturated heterocycles. The number of rotatable bonds is 5. The fraction of sp³-hybridized carbons (Fsp3) is 0.368. The number of nitrogens with zero attached hydrogens (tertiary/aromatic N) is 1. The lowest BCUT2D eigenvalue weighted by Gasteiger charge is -2.27. The summed E-state index contributed by atoms with van der Waals surface area (Å²) in [6, 6.07) is 16.4. The van der Waals surface area contributed by atoms with Crippen molar-refractivity contribution < 1.29 is 4.74 Å².